The van der Waals surface area contributed by atoms with Crippen LogP contribution >= 0.6 is 0 Å². The Hall–Kier alpha value is -3.59. The van der Waals surface area contributed by atoms with Gasteiger partial charge in [-0.25, -0.2) is 14.5 Å². The zero-order valence-electron chi connectivity index (χ0n) is 18.5. The number of nitrogens with one attached hydrogen (secondary N) is 1. The topological polar surface area (TPSA) is 97.5 Å². The molecule has 6 rings (SSSR count). The zero-order chi connectivity index (χ0) is 22.4. The summed E-state index contributed by atoms with van der Waals surface area (Å²) >= 11 is 0. The molecule has 1 N–H and O–H groups in total. The molecule has 4 aromatic heterocycles. The molecule has 2 aliphatic rings. The van der Waals surface area contributed by atoms with E-state index in [-0.39, 0.29) is 11.8 Å². The molecule has 0 spiro atoms. The first-order chi connectivity index (χ1) is 16.2. The predicted molar refractivity (Wildman–Crippen MR) is 125 cm³/mol. The van der Waals surface area contributed by atoms with Crippen LogP contribution in [-0.2, 0) is 16.0 Å². The number of hydrogen-bond donors (Lipinski definition) is 1. The van der Waals surface area contributed by atoms with Crippen LogP contribution in [0.3, 0.4) is 0 Å². The maximum Gasteiger partial charge on any atom is 0.228 e. The van der Waals surface area contributed by atoms with Crippen molar-refractivity contribution < 1.29 is 9.53 Å². The lowest BCUT2D eigenvalue weighted by Crippen LogP contribution is -2.36. The van der Waals surface area contributed by atoms with Crippen LogP contribution in [0.4, 0.5) is 11.5 Å². The van der Waals surface area contributed by atoms with Crippen LogP contribution < -0.4 is 10.2 Å². The first kappa shape index (κ1) is 20.0. The predicted octanol–water partition coefficient (Wildman–Crippen LogP) is 3.09. The van der Waals surface area contributed by atoms with Gasteiger partial charge in [-0.15, -0.1) is 5.10 Å². The number of aromatic nitrogens is 5. The maximum absolute atomic E-state index is 12.3. The highest BCUT2D eigenvalue weighted by molar-refractivity contribution is 6.00. The van der Waals surface area contributed by atoms with E-state index in [1.54, 1.807) is 6.20 Å². The minimum atomic E-state index is 0.0367. The van der Waals surface area contributed by atoms with E-state index < -0.39 is 0 Å². The molecule has 1 saturated carbocycles. The van der Waals surface area contributed by atoms with E-state index in [1.807, 2.05) is 29.0 Å². The van der Waals surface area contributed by atoms with Crippen molar-refractivity contribution in [2.24, 2.45) is 5.92 Å². The van der Waals surface area contributed by atoms with E-state index >= 15 is 0 Å². The quantitative estimate of drug-likeness (QED) is 0.506. The minimum Gasteiger partial charge on any atom is -0.378 e. The number of amides is 1. The van der Waals surface area contributed by atoms with Gasteiger partial charge < -0.3 is 15.0 Å². The van der Waals surface area contributed by atoms with Gasteiger partial charge in [0, 0.05) is 53.4 Å². The van der Waals surface area contributed by atoms with Gasteiger partial charge in [0.2, 0.25) is 5.91 Å². The molecule has 2 fully saturated rings. The number of carbonyl (C=O) groups excluding carboxylic acids is 1. The Morgan fingerprint density at radius 3 is 2.79 bits per heavy atom. The van der Waals surface area contributed by atoms with Crippen LogP contribution in [0.1, 0.15) is 25.5 Å². The van der Waals surface area contributed by atoms with Gasteiger partial charge in [-0.3, -0.25) is 9.78 Å². The molecule has 0 aromatic carbocycles. The number of ether oxygens (including phenoxy) is 1. The highest BCUT2D eigenvalue weighted by atomic mass is 16.5. The Kier molecular flexibility index (Phi) is 4.91. The lowest BCUT2D eigenvalue weighted by atomic mass is 10.1. The average Bonchev–Trinajstić information content (AvgIpc) is 3.62. The first-order valence-electron chi connectivity index (χ1n) is 11.5. The molecule has 33 heavy (non-hydrogen) atoms. The van der Waals surface area contributed by atoms with Crippen LogP contribution in [0.15, 0.2) is 36.8 Å². The lowest BCUT2D eigenvalue weighted by Gasteiger charge is -2.28. The van der Waals surface area contributed by atoms with Crippen molar-refractivity contribution >= 4 is 33.8 Å². The van der Waals surface area contributed by atoms with Gasteiger partial charge >= 0.3 is 0 Å². The number of aryl methyl sites for hydroxylation is 1. The fourth-order valence-electron chi connectivity index (χ4n) is 4.29. The molecular formula is C24H25N7O2. The SMILES string of the molecule is CCc1ncc(-c2nc3ccc(N4CCOCC4)cn3n2)c2cc(NC(=O)C3CC3)ncc12. The third-order valence-corrected chi connectivity index (χ3v) is 6.32. The largest absolute Gasteiger partial charge is 0.378 e. The van der Waals surface area contributed by atoms with Crippen LogP contribution in [0, 0.1) is 5.92 Å². The first-order valence-corrected chi connectivity index (χ1v) is 11.5. The van der Waals surface area contributed by atoms with Crippen LogP contribution in [0.25, 0.3) is 27.8 Å². The summed E-state index contributed by atoms with van der Waals surface area (Å²) < 4.78 is 7.28. The van der Waals surface area contributed by atoms with E-state index in [9.17, 15) is 4.79 Å². The minimum absolute atomic E-state index is 0.0367. The second-order valence-electron chi connectivity index (χ2n) is 8.58. The maximum atomic E-state index is 12.3. The van der Waals surface area contributed by atoms with Crippen LogP contribution in [-0.4, -0.2) is 56.8 Å². The lowest BCUT2D eigenvalue weighted by molar-refractivity contribution is -0.117. The molecule has 168 valence electrons. The molecule has 1 aliphatic carbocycles. The van der Waals surface area contributed by atoms with E-state index in [4.69, 9.17) is 14.8 Å². The highest BCUT2D eigenvalue weighted by Gasteiger charge is 2.30. The number of rotatable bonds is 5. The summed E-state index contributed by atoms with van der Waals surface area (Å²) in [5, 5.41) is 9.61. The van der Waals surface area contributed by atoms with Crippen LogP contribution in [0.2, 0.25) is 0 Å². The monoisotopic (exact) mass is 443 g/mol. The molecule has 1 aliphatic heterocycles. The summed E-state index contributed by atoms with van der Waals surface area (Å²) in [4.78, 5) is 28.4. The van der Waals surface area contributed by atoms with Gasteiger partial charge in [0.1, 0.15) is 5.82 Å². The van der Waals surface area contributed by atoms with E-state index in [1.165, 1.54) is 0 Å². The number of anilines is 2. The van der Waals surface area contributed by atoms with Crippen molar-refractivity contribution in [2.45, 2.75) is 26.2 Å². The average molecular weight is 444 g/mol. The number of fused-ring (bicyclic) bond motifs is 2. The summed E-state index contributed by atoms with van der Waals surface area (Å²) in [5.74, 6) is 1.30. The highest BCUT2D eigenvalue weighted by Crippen LogP contribution is 2.32. The van der Waals surface area contributed by atoms with Gasteiger partial charge in [-0.2, -0.15) is 0 Å². The molecule has 9 nitrogen and oxygen atoms in total. The van der Waals surface area contributed by atoms with Gasteiger partial charge in [0.25, 0.3) is 0 Å². The summed E-state index contributed by atoms with van der Waals surface area (Å²) in [6.07, 6.45) is 8.31. The normalized spacial score (nSPS) is 16.5. The Bertz CT molecular complexity index is 1360. The standard InChI is InChI=1S/C24H25N7O2/c1-2-20-18-12-26-21(27-24(32)15-3-4-15)11-17(18)19(13-25-20)23-28-22-6-5-16(14-31(22)29-23)30-7-9-33-10-8-30/h5-6,11-15H,2-4,7-10H2,1H3,(H,26,27,32). The number of morpholine rings is 1. The third kappa shape index (κ3) is 3.78. The number of pyridine rings is 3. The van der Waals surface area contributed by atoms with Crippen molar-refractivity contribution in [3.05, 3.63) is 42.5 Å². The summed E-state index contributed by atoms with van der Waals surface area (Å²) in [7, 11) is 0. The fourth-order valence-corrected chi connectivity index (χ4v) is 4.29. The summed E-state index contributed by atoms with van der Waals surface area (Å²) in [6.45, 7) is 5.26. The Labute approximate surface area is 190 Å². The Balaban J connectivity index is 1.41. The molecular weight excluding hydrogens is 418 g/mol. The molecule has 1 saturated heterocycles. The summed E-state index contributed by atoms with van der Waals surface area (Å²) in [5.41, 5.74) is 3.65. The second kappa shape index (κ2) is 8.08. The molecule has 1 amide bonds. The van der Waals surface area contributed by atoms with Gasteiger partial charge in [-0.05, 0) is 37.5 Å². The van der Waals surface area contributed by atoms with Crippen molar-refractivity contribution in [3.63, 3.8) is 0 Å². The van der Waals surface area contributed by atoms with Gasteiger partial charge in [-0.1, -0.05) is 6.92 Å². The second-order valence-corrected chi connectivity index (χ2v) is 8.58. The zero-order valence-corrected chi connectivity index (χ0v) is 18.5. The van der Waals surface area contributed by atoms with E-state index in [2.05, 4.69) is 33.2 Å². The third-order valence-electron chi connectivity index (χ3n) is 6.32. The molecule has 4 aromatic rings. The summed E-state index contributed by atoms with van der Waals surface area (Å²) in [6, 6.07) is 5.97. The smallest absolute Gasteiger partial charge is 0.228 e. The van der Waals surface area contributed by atoms with E-state index in [0.717, 1.165) is 78.9 Å². The fraction of sp³-hybridized carbons (Fsp3) is 0.375. The molecule has 9 heteroatoms. The Morgan fingerprint density at radius 2 is 2.00 bits per heavy atom. The molecule has 0 radical (unpaired) electrons. The van der Waals surface area contributed by atoms with Crippen molar-refractivity contribution in [3.8, 4) is 11.4 Å². The van der Waals surface area contributed by atoms with E-state index in [0.29, 0.717) is 11.6 Å². The Morgan fingerprint density at radius 1 is 1.15 bits per heavy atom. The van der Waals surface area contributed by atoms with Gasteiger partial charge in [0.15, 0.2) is 11.5 Å². The van der Waals surface area contributed by atoms with Gasteiger partial charge in [0.05, 0.1) is 25.1 Å². The number of hydrogen-bond acceptors (Lipinski definition) is 7. The molecule has 5 heterocycles. The molecule has 0 atom stereocenters. The number of nitrogens with zero attached hydrogens (tertiary/aromatic N) is 6. The molecule has 0 unspecified atom stereocenters. The van der Waals surface area contributed by atoms with Crippen LogP contribution in [0.5, 0.6) is 0 Å². The van der Waals surface area contributed by atoms with Crippen molar-refractivity contribution in [2.75, 3.05) is 36.5 Å². The van der Waals surface area contributed by atoms with Crippen molar-refractivity contribution in [1.82, 2.24) is 24.6 Å². The number of carbonyl (C=O) groups is 1. The molecule has 0 bridgehead atoms. The van der Waals surface area contributed by atoms with Crippen molar-refractivity contribution in [1.29, 1.82) is 0 Å².